The van der Waals surface area contributed by atoms with E-state index in [0.29, 0.717) is 18.9 Å². The number of nitrogens with zero attached hydrogens (tertiary/aromatic N) is 4. The molecule has 3 atom stereocenters. The van der Waals surface area contributed by atoms with Crippen LogP contribution in [0.5, 0.6) is 11.6 Å². The first kappa shape index (κ1) is 20.0. The lowest BCUT2D eigenvalue weighted by Gasteiger charge is -2.29. The molecule has 0 saturated heterocycles. The summed E-state index contributed by atoms with van der Waals surface area (Å²) in [5.74, 6) is 2.95. The van der Waals surface area contributed by atoms with E-state index in [0.717, 1.165) is 23.0 Å². The van der Waals surface area contributed by atoms with Crippen LogP contribution in [0.3, 0.4) is 0 Å². The van der Waals surface area contributed by atoms with Crippen LogP contribution in [-0.2, 0) is 7.05 Å². The summed E-state index contributed by atoms with van der Waals surface area (Å²) in [7, 11) is 3.80. The van der Waals surface area contributed by atoms with E-state index < -0.39 is 0 Å². The van der Waals surface area contributed by atoms with Crippen molar-refractivity contribution in [1.29, 1.82) is 0 Å². The average Bonchev–Trinajstić information content (AvgIpc) is 3.18. The molecule has 2 unspecified atom stereocenters. The Labute approximate surface area is 175 Å². The van der Waals surface area contributed by atoms with Gasteiger partial charge in [-0.1, -0.05) is 6.08 Å². The van der Waals surface area contributed by atoms with E-state index in [-0.39, 0.29) is 18.2 Å². The Morgan fingerprint density at radius 3 is 2.93 bits per heavy atom. The molecule has 2 aliphatic rings. The molecule has 158 valence electrons. The van der Waals surface area contributed by atoms with Crippen LogP contribution in [0.4, 0.5) is 5.82 Å². The number of aryl methyl sites for hydroxylation is 1. The number of anilines is 1. The maximum absolute atomic E-state index is 6.08. The lowest BCUT2D eigenvalue weighted by molar-refractivity contribution is 0.231. The Balaban J connectivity index is 1.41. The van der Waals surface area contributed by atoms with E-state index in [1.165, 1.54) is 0 Å². The van der Waals surface area contributed by atoms with Gasteiger partial charge < -0.3 is 25.4 Å². The number of hydrogen-bond donors (Lipinski definition) is 3. The highest BCUT2D eigenvalue weighted by Gasteiger charge is 2.27. The first-order valence-corrected chi connectivity index (χ1v) is 9.99. The second-order valence-electron chi connectivity index (χ2n) is 7.35. The summed E-state index contributed by atoms with van der Waals surface area (Å²) in [5, 5.41) is 14.1. The molecule has 3 heterocycles. The van der Waals surface area contributed by atoms with Crippen LogP contribution >= 0.6 is 0 Å². The van der Waals surface area contributed by atoms with Gasteiger partial charge in [-0.05, 0) is 26.1 Å². The molecule has 2 aromatic heterocycles. The third kappa shape index (κ3) is 4.80. The van der Waals surface area contributed by atoms with Crippen molar-refractivity contribution in [3.8, 4) is 11.6 Å². The van der Waals surface area contributed by atoms with Gasteiger partial charge in [0.2, 0.25) is 5.88 Å². The molecule has 3 N–H and O–H groups in total. The van der Waals surface area contributed by atoms with Crippen molar-refractivity contribution < 1.29 is 9.47 Å². The molecule has 0 amide bonds. The predicted octanol–water partition coefficient (Wildman–Crippen LogP) is 1.83. The number of aromatic nitrogens is 3. The fourth-order valence-corrected chi connectivity index (χ4v) is 3.20. The SMILES string of the molecule is CN[C@H](C)COc1ccc(OC2C=CC3N=CNC(Nc4ccn(C)n4)=C3C2)nc1. The smallest absolute Gasteiger partial charge is 0.214 e. The molecule has 4 rings (SSSR count). The summed E-state index contributed by atoms with van der Waals surface area (Å²) in [6, 6.07) is 5.90. The second kappa shape index (κ2) is 9.00. The Kier molecular flexibility index (Phi) is 5.99. The van der Waals surface area contributed by atoms with Gasteiger partial charge in [0.15, 0.2) is 5.82 Å². The van der Waals surface area contributed by atoms with E-state index >= 15 is 0 Å². The maximum Gasteiger partial charge on any atom is 0.214 e. The van der Waals surface area contributed by atoms with E-state index in [4.69, 9.17) is 9.47 Å². The molecule has 2 aromatic rings. The fraction of sp³-hybridized carbons (Fsp3) is 0.381. The molecule has 9 nitrogen and oxygen atoms in total. The zero-order valence-electron chi connectivity index (χ0n) is 17.4. The van der Waals surface area contributed by atoms with Crippen molar-refractivity contribution in [3.63, 3.8) is 0 Å². The molecule has 1 aliphatic heterocycles. The van der Waals surface area contributed by atoms with Gasteiger partial charge in [-0.25, -0.2) is 4.98 Å². The minimum atomic E-state index is -0.129. The van der Waals surface area contributed by atoms with Crippen LogP contribution in [-0.4, -0.2) is 52.9 Å². The van der Waals surface area contributed by atoms with Gasteiger partial charge in [-0.3, -0.25) is 9.67 Å². The highest BCUT2D eigenvalue weighted by molar-refractivity contribution is 5.64. The number of pyridine rings is 1. The molecule has 0 saturated carbocycles. The highest BCUT2D eigenvalue weighted by atomic mass is 16.5. The Bertz CT molecular complexity index is 949. The third-order valence-electron chi connectivity index (χ3n) is 4.99. The average molecular weight is 409 g/mol. The first-order valence-electron chi connectivity index (χ1n) is 9.99. The van der Waals surface area contributed by atoms with Crippen LogP contribution in [0.25, 0.3) is 0 Å². The summed E-state index contributed by atoms with van der Waals surface area (Å²) in [5.41, 5.74) is 1.12. The van der Waals surface area contributed by atoms with Crippen molar-refractivity contribution in [2.45, 2.75) is 31.5 Å². The summed E-state index contributed by atoms with van der Waals surface area (Å²) < 4.78 is 13.5. The molecule has 0 spiro atoms. The minimum Gasteiger partial charge on any atom is -0.490 e. The summed E-state index contributed by atoms with van der Waals surface area (Å²) in [4.78, 5) is 8.88. The number of rotatable bonds is 8. The molecule has 0 radical (unpaired) electrons. The van der Waals surface area contributed by atoms with Crippen molar-refractivity contribution in [2.75, 3.05) is 19.0 Å². The van der Waals surface area contributed by atoms with Crippen LogP contribution in [0, 0.1) is 0 Å². The highest BCUT2D eigenvalue weighted by Crippen LogP contribution is 2.28. The molecule has 1 aliphatic carbocycles. The second-order valence-corrected chi connectivity index (χ2v) is 7.35. The van der Waals surface area contributed by atoms with Crippen LogP contribution in [0.15, 0.2) is 59.1 Å². The molecular weight excluding hydrogens is 382 g/mol. The van der Waals surface area contributed by atoms with Crippen LogP contribution in [0.1, 0.15) is 13.3 Å². The van der Waals surface area contributed by atoms with E-state index in [2.05, 4.69) is 44.0 Å². The number of likely N-dealkylation sites (N-methyl/N-ethyl adjacent to an activating group) is 1. The third-order valence-corrected chi connectivity index (χ3v) is 4.99. The van der Waals surface area contributed by atoms with Crippen molar-refractivity contribution in [2.24, 2.45) is 12.0 Å². The Hall–Kier alpha value is -3.33. The summed E-state index contributed by atoms with van der Waals surface area (Å²) in [6.45, 7) is 2.64. The molecule has 0 aromatic carbocycles. The first-order chi connectivity index (χ1) is 14.6. The Morgan fingerprint density at radius 1 is 1.30 bits per heavy atom. The largest absolute Gasteiger partial charge is 0.490 e. The molecule has 0 bridgehead atoms. The number of nitrogens with one attached hydrogen (secondary N) is 3. The van der Waals surface area contributed by atoms with E-state index in [1.807, 2.05) is 44.6 Å². The topological polar surface area (TPSA) is 97.6 Å². The zero-order chi connectivity index (χ0) is 20.9. The number of hydrogen-bond acceptors (Lipinski definition) is 8. The lowest BCUT2D eigenvalue weighted by Crippen LogP contribution is -2.34. The van der Waals surface area contributed by atoms with Crippen molar-refractivity contribution in [1.82, 2.24) is 25.4 Å². The van der Waals surface area contributed by atoms with E-state index in [1.54, 1.807) is 17.2 Å². The summed E-state index contributed by atoms with van der Waals surface area (Å²) >= 11 is 0. The van der Waals surface area contributed by atoms with Gasteiger partial charge in [0.25, 0.3) is 0 Å². The number of ether oxygens (including phenoxy) is 2. The molecule has 9 heteroatoms. The van der Waals surface area contributed by atoms with Crippen LogP contribution in [0.2, 0.25) is 0 Å². The van der Waals surface area contributed by atoms with Gasteiger partial charge in [0, 0.05) is 43.4 Å². The van der Waals surface area contributed by atoms with Gasteiger partial charge in [0.1, 0.15) is 24.3 Å². The predicted molar refractivity (Wildman–Crippen MR) is 116 cm³/mol. The van der Waals surface area contributed by atoms with Crippen molar-refractivity contribution >= 4 is 12.2 Å². The monoisotopic (exact) mass is 409 g/mol. The van der Waals surface area contributed by atoms with Gasteiger partial charge >= 0.3 is 0 Å². The normalized spacial score (nSPS) is 21.0. The molecular formula is C21H27N7O2. The zero-order valence-corrected chi connectivity index (χ0v) is 17.4. The standard InChI is InChI=1S/C21H27N7O2/c1-14(22-2)12-29-16-5-7-20(23-11-16)30-15-4-6-18-17(10-15)21(25-13-24-18)26-19-8-9-28(3)27-19/h4-9,11,13-15,18,22H,10,12H2,1-3H3,(H,24,25)(H,26,27)/t14-,15?,18?/m1/s1. The van der Waals surface area contributed by atoms with Crippen LogP contribution < -0.4 is 25.4 Å². The van der Waals surface area contributed by atoms with E-state index in [9.17, 15) is 0 Å². The quantitative estimate of drug-likeness (QED) is 0.572. The van der Waals surface area contributed by atoms with Gasteiger partial charge in [-0.2, -0.15) is 5.10 Å². The Morgan fingerprint density at radius 2 is 2.20 bits per heavy atom. The lowest BCUT2D eigenvalue weighted by atomic mass is 9.93. The molecule has 0 fully saturated rings. The van der Waals surface area contributed by atoms with Gasteiger partial charge in [-0.15, -0.1) is 0 Å². The number of fused-ring (bicyclic) bond motifs is 1. The summed E-state index contributed by atoms with van der Waals surface area (Å²) in [6.07, 6.45) is 9.95. The number of aliphatic imine (C=N–C) groups is 1. The maximum atomic E-state index is 6.08. The molecule has 30 heavy (non-hydrogen) atoms. The minimum absolute atomic E-state index is 0.00443. The fourth-order valence-electron chi connectivity index (χ4n) is 3.20. The van der Waals surface area contributed by atoms with Gasteiger partial charge in [0.05, 0.1) is 18.6 Å². The van der Waals surface area contributed by atoms with Crippen molar-refractivity contribution in [3.05, 3.63) is 54.1 Å².